The van der Waals surface area contributed by atoms with Crippen LogP contribution < -0.4 is 14.9 Å². The van der Waals surface area contributed by atoms with Crippen LogP contribution in [0.15, 0.2) is 92.9 Å². The number of H-pyrrole nitrogens is 1. The number of aromatic nitrogens is 1. The van der Waals surface area contributed by atoms with Crippen molar-refractivity contribution in [1.29, 1.82) is 0 Å². The summed E-state index contributed by atoms with van der Waals surface area (Å²) in [4.78, 5) is 29.4. The van der Waals surface area contributed by atoms with Gasteiger partial charge < -0.3 is 14.5 Å². The first-order valence-electron chi connectivity index (χ1n) is 12.6. The molecular formula is C31H19Br2ClF3N3O4. The van der Waals surface area contributed by atoms with Gasteiger partial charge in [-0.1, -0.05) is 63.9 Å². The highest BCUT2D eigenvalue weighted by atomic mass is 79.9. The molecule has 1 aromatic heterocycles. The van der Waals surface area contributed by atoms with E-state index in [1.54, 1.807) is 48.5 Å². The average molecular weight is 750 g/mol. The number of fused-ring (bicyclic) bond motifs is 1. The number of halogens is 6. The van der Waals surface area contributed by atoms with Crippen LogP contribution in [0.2, 0.25) is 5.02 Å². The lowest BCUT2D eigenvalue weighted by molar-refractivity contribution is -0.137. The summed E-state index contributed by atoms with van der Waals surface area (Å²) in [5, 5.41) is 5.20. The molecule has 13 heteroatoms. The summed E-state index contributed by atoms with van der Waals surface area (Å²) in [7, 11) is 1.52. The molecule has 0 unspecified atom stereocenters. The van der Waals surface area contributed by atoms with Gasteiger partial charge in [0.15, 0.2) is 5.75 Å². The van der Waals surface area contributed by atoms with E-state index in [4.69, 9.17) is 21.1 Å². The number of rotatable bonds is 7. The van der Waals surface area contributed by atoms with Gasteiger partial charge in [0.2, 0.25) is 0 Å². The number of benzene rings is 4. The Morgan fingerprint density at radius 2 is 1.75 bits per heavy atom. The van der Waals surface area contributed by atoms with E-state index in [2.05, 4.69) is 47.4 Å². The minimum Gasteiger partial charge on any atom is -0.495 e. The molecule has 0 saturated carbocycles. The van der Waals surface area contributed by atoms with E-state index in [-0.39, 0.29) is 22.6 Å². The van der Waals surface area contributed by atoms with Crippen molar-refractivity contribution < 1.29 is 32.2 Å². The molecule has 2 N–H and O–H groups in total. The molecule has 5 aromatic rings. The Kier molecular flexibility index (Phi) is 9.14. The summed E-state index contributed by atoms with van der Waals surface area (Å²) in [6, 6.07) is 19.5. The first kappa shape index (κ1) is 31.3. The topological polar surface area (TPSA) is 92.8 Å². The lowest BCUT2D eigenvalue weighted by Gasteiger charge is -2.12. The van der Waals surface area contributed by atoms with Gasteiger partial charge in [0.05, 0.1) is 34.4 Å². The van der Waals surface area contributed by atoms with Gasteiger partial charge in [-0.25, -0.2) is 10.2 Å². The van der Waals surface area contributed by atoms with E-state index < -0.39 is 23.6 Å². The van der Waals surface area contributed by atoms with Gasteiger partial charge in [-0.3, -0.25) is 4.79 Å². The van der Waals surface area contributed by atoms with Gasteiger partial charge in [0, 0.05) is 31.6 Å². The molecule has 0 bridgehead atoms. The summed E-state index contributed by atoms with van der Waals surface area (Å²) in [6.07, 6.45) is -3.40. The second-order valence-electron chi connectivity index (χ2n) is 9.21. The molecule has 1 heterocycles. The molecule has 0 aliphatic heterocycles. The van der Waals surface area contributed by atoms with Crippen LogP contribution in [0.5, 0.6) is 11.5 Å². The second kappa shape index (κ2) is 12.8. The number of esters is 1. The Hall–Kier alpha value is -4.13. The summed E-state index contributed by atoms with van der Waals surface area (Å²) < 4.78 is 51.3. The fourth-order valence-corrected chi connectivity index (χ4v) is 6.02. The van der Waals surface area contributed by atoms with Gasteiger partial charge in [0.25, 0.3) is 5.91 Å². The molecule has 0 fully saturated rings. The maximum Gasteiger partial charge on any atom is 0.416 e. The van der Waals surface area contributed by atoms with Crippen LogP contribution in [-0.2, 0) is 6.18 Å². The van der Waals surface area contributed by atoms with E-state index in [1.807, 2.05) is 6.07 Å². The third-order valence-electron chi connectivity index (χ3n) is 6.41. The van der Waals surface area contributed by atoms with Gasteiger partial charge in [0.1, 0.15) is 11.4 Å². The number of para-hydroxylation sites is 1. The molecule has 0 aliphatic carbocycles. The highest BCUT2D eigenvalue weighted by molar-refractivity contribution is 9.11. The first-order valence-corrected chi connectivity index (χ1v) is 14.6. The maximum absolute atomic E-state index is 13.5. The van der Waals surface area contributed by atoms with Crippen molar-refractivity contribution in [1.82, 2.24) is 10.4 Å². The number of ether oxygens (including phenoxy) is 2. The summed E-state index contributed by atoms with van der Waals surface area (Å²) >= 11 is 13.2. The van der Waals surface area contributed by atoms with Crippen LogP contribution in [0.4, 0.5) is 13.2 Å². The lowest BCUT2D eigenvalue weighted by Crippen LogP contribution is -2.19. The number of alkyl halides is 3. The Morgan fingerprint density at radius 3 is 2.48 bits per heavy atom. The minimum atomic E-state index is -4.63. The van der Waals surface area contributed by atoms with Crippen molar-refractivity contribution in [3.63, 3.8) is 0 Å². The van der Waals surface area contributed by atoms with Gasteiger partial charge in [-0.2, -0.15) is 18.3 Å². The van der Waals surface area contributed by atoms with Crippen molar-refractivity contribution in [3.05, 3.63) is 115 Å². The minimum absolute atomic E-state index is 0.0271. The van der Waals surface area contributed by atoms with Gasteiger partial charge in [-0.15, -0.1) is 0 Å². The number of nitrogens with zero attached hydrogens (tertiary/aromatic N) is 1. The monoisotopic (exact) mass is 747 g/mol. The van der Waals surface area contributed by atoms with Gasteiger partial charge >= 0.3 is 12.1 Å². The molecule has 0 spiro atoms. The molecule has 224 valence electrons. The van der Waals surface area contributed by atoms with E-state index in [0.29, 0.717) is 47.8 Å². The number of nitrogens with one attached hydrogen (secondary N) is 2. The largest absolute Gasteiger partial charge is 0.495 e. The molecule has 0 radical (unpaired) electrons. The lowest BCUT2D eigenvalue weighted by atomic mass is 10.0. The van der Waals surface area contributed by atoms with E-state index in [0.717, 1.165) is 12.1 Å². The van der Waals surface area contributed by atoms with E-state index in [1.165, 1.54) is 19.4 Å². The van der Waals surface area contributed by atoms with Crippen LogP contribution in [-0.4, -0.2) is 30.2 Å². The van der Waals surface area contributed by atoms with Crippen molar-refractivity contribution >= 4 is 72.5 Å². The Morgan fingerprint density at radius 1 is 1.00 bits per heavy atom. The quantitative estimate of drug-likeness (QED) is 0.0752. The molecule has 1 amide bonds. The average Bonchev–Trinajstić information content (AvgIpc) is 3.38. The molecule has 4 aromatic carbocycles. The van der Waals surface area contributed by atoms with E-state index >= 15 is 0 Å². The molecule has 5 rings (SSSR count). The molecule has 7 nitrogen and oxygen atoms in total. The predicted octanol–water partition coefficient (Wildman–Crippen LogP) is 9.02. The second-order valence-corrected chi connectivity index (χ2v) is 11.4. The van der Waals surface area contributed by atoms with Crippen LogP contribution >= 0.6 is 43.5 Å². The number of amides is 1. The zero-order valence-electron chi connectivity index (χ0n) is 22.4. The maximum atomic E-state index is 13.5. The highest BCUT2D eigenvalue weighted by Gasteiger charge is 2.31. The van der Waals surface area contributed by atoms with Crippen molar-refractivity contribution in [2.75, 3.05) is 7.11 Å². The summed E-state index contributed by atoms with van der Waals surface area (Å²) in [5.74, 6) is -1.13. The fraction of sp³-hybridized carbons (Fsp3) is 0.0645. The van der Waals surface area contributed by atoms with Crippen molar-refractivity contribution in [2.45, 2.75) is 6.18 Å². The highest BCUT2D eigenvalue weighted by Crippen LogP contribution is 2.39. The number of methoxy groups -OCH3 is 1. The van der Waals surface area contributed by atoms with Crippen LogP contribution in [0.25, 0.3) is 22.0 Å². The Bertz CT molecular complexity index is 1940. The number of aromatic amines is 1. The SMILES string of the molecule is COc1cccc2c(-c3ccccc3Cl)c(C(=O)NN=Cc3cc(Br)cc(Br)c3OC(=O)c3cccc(C(F)(F)F)c3)[nH]c12. The molecular weight excluding hydrogens is 731 g/mol. The third kappa shape index (κ3) is 6.52. The zero-order valence-corrected chi connectivity index (χ0v) is 26.4. The third-order valence-corrected chi connectivity index (χ3v) is 7.79. The van der Waals surface area contributed by atoms with Crippen LogP contribution in [0.1, 0.15) is 32.0 Å². The smallest absolute Gasteiger partial charge is 0.416 e. The zero-order chi connectivity index (χ0) is 31.6. The normalized spacial score (nSPS) is 11.6. The Balaban J connectivity index is 1.46. The fourth-order valence-electron chi connectivity index (χ4n) is 4.45. The number of hydrogen-bond donors (Lipinski definition) is 2. The van der Waals surface area contributed by atoms with Crippen molar-refractivity contribution in [3.8, 4) is 22.6 Å². The number of hydrogen-bond acceptors (Lipinski definition) is 5. The van der Waals surface area contributed by atoms with E-state index in [9.17, 15) is 22.8 Å². The first-order chi connectivity index (χ1) is 21.0. The predicted molar refractivity (Wildman–Crippen MR) is 169 cm³/mol. The standard InChI is InChI=1S/C31H19Br2ClF3N3O4/c1-43-24-11-5-9-21-25(20-8-2-3-10-23(20)34)27(39-26(21)24)29(41)40-38-15-17-13-19(32)14-22(33)28(17)44-30(42)16-6-4-7-18(12-16)31(35,36)37/h2-15,39H,1H3,(H,40,41). The van der Waals surface area contributed by atoms with Crippen LogP contribution in [0.3, 0.4) is 0 Å². The molecule has 44 heavy (non-hydrogen) atoms. The summed E-state index contributed by atoms with van der Waals surface area (Å²) in [5.41, 5.74) is 3.32. The number of carbonyl (C=O) groups is 2. The van der Waals surface area contributed by atoms with Crippen LogP contribution in [0, 0.1) is 0 Å². The Labute approximate surface area is 270 Å². The summed E-state index contributed by atoms with van der Waals surface area (Å²) in [6.45, 7) is 0. The molecule has 0 aliphatic rings. The number of hydrazone groups is 1. The van der Waals surface area contributed by atoms with Gasteiger partial charge in [-0.05, 0) is 58.4 Å². The molecule has 0 atom stereocenters. The molecule has 0 saturated heterocycles. The van der Waals surface area contributed by atoms with Crippen molar-refractivity contribution in [2.24, 2.45) is 5.10 Å². The number of carbonyl (C=O) groups excluding carboxylic acids is 2.